The lowest BCUT2D eigenvalue weighted by Gasteiger charge is -2.30. The summed E-state index contributed by atoms with van der Waals surface area (Å²) in [4.78, 5) is 0. The SMILES string of the molecule is CCC(CC)(COc1cccc(C)c1)CS(=O)(=O)Cl. The van der Waals surface area contributed by atoms with Crippen LogP contribution in [0.1, 0.15) is 32.3 Å². The molecule has 0 bridgehead atoms. The van der Waals surface area contributed by atoms with Gasteiger partial charge in [-0.1, -0.05) is 26.0 Å². The van der Waals surface area contributed by atoms with E-state index in [0.29, 0.717) is 19.4 Å². The van der Waals surface area contributed by atoms with E-state index in [1.54, 1.807) is 0 Å². The van der Waals surface area contributed by atoms with E-state index in [9.17, 15) is 8.42 Å². The predicted molar refractivity (Wildman–Crippen MR) is 79.3 cm³/mol. The fourth-order valence-electron chi connectivity index (χ4n) is 2.01. The highest BCUT2D eigenvalue weighted by Crippen LogP contribution is 2.30. The van der Waals surface area contributed by atoms with Gasteiger partial charge in [0.2, 0.25) is 9.05 Å². The lowest BCUT2D eigenvalue weighted by Crippen LogP contribution is -2.33. The Kier molecular flexibility index (Phi) is 5.68. The van der Waals surface area contributed by atoms with E-state index in [-0.39, 0.29) is 5.75 Å². The van der Waals surface area contributed by atoms with Gasteiger partial charge in [-0.3, -0.25) is 0 Å². The summed E-state index contributed by atoms with van der Waals surface area (Å²) in [6.45, 7) is 6.27. The quantitative estimate of drug-likeness (QED) is 0.721. The highest BCUT2D eigenvalue weighted by atomic mass is 35.7. The van der Waals surface area contributed by atoms with Crippen LogP contribution in [0.2, 0.25) is 0 Å². The molecule has 0 aliphatic rings. The summed E-state index contributed by atoms with van der Waals surface area (Å²) >= 11 is 0. The van der Waals surface area contributed by atoms with Crippen molar-refractivity contribution < 1.29 is 13.2 Å². The van der Waals surface area contributed by atoms with Crippen LogP contribution in [0.25, 0.3) is 0 Å². The van der Waals surface area contributed by atoms with Crippen LogP contribution in [0.3, 0.4) is 0 Å². The van der Waals surface area contributed by atoms with Gasteiger partial charge in [-0.15, -0.1) is 0 Å². The van der Waals surface area contributed by atoms with E-state index in [0.717, 1.165) is 11.3 Å². The van der Waals surface area contributed by atoms with Crippen molar-refractivity contribution in [3.05, 3.63) is 29.8 Å². The van der Waals surface area contributed by atoms with Crippen LogP contribution >= 0.6 is 10.7 Å². The molecule has 0 amide bonds. The second-order valence-corrected chi connectivity index (χ2v) is 7.77. The van der Waals surface area contributed by atoms with Gasteiger partial charge in [-0.05, 0) is 37.5 Å². The van der Waals surface area contributed by atoms with Crippen molar-refractivity contribution in [2.24, 2.45) is 5.41 Å². The Morgan fingerprint density at radius 1 is 1.26 bits per heavy atom. The molecule has 0 unspecified atom stereocenters. The Morgan fingerprint density at radius 3 is 2.37 bits per heavy atom. The highest BCUT2D eigenvalue weighted by Gasteiger charge is 2.32. The van der Waals surface area contributed by atoms with Crippen molar-refractivity contribution in [2.45, 2.75) is 33.6 Å². The zero-order chi connectivity index (χ0) is 14.5. The monoisotopic (exact) mass is 304 g/mol. The van der Waals surface area contributed by atoms with E-state index in [4.69, 9.17) is 15.4 Å². The first-order valence-corrected chi connectivity index (χ1v) is 8.90. The molecule has 1 aromatic rings. The molecule has 0 radical (unpaired) electrons. The Labute approximate surface area is 120 Å². The molecular formula is C14H21ClO3S. The first kappa shape index (κ1) is 16.3. The smallest absolute Gasteiger partial charge is 0.233 e. The molecule has 0 heterocycles. The summed E-state index contributed by atoms with van der Waals surface area (Å²) < 4.78 is 28.4. The fraction of sp³-hybridized carbons (Fsp3) is 0.571. The Balaban J connectivity index is 2.79. The minimum absolute atomic E-state index is 0.0552. The Morgan fingerprint density at radius 2 is 1.89 bits per heavy atom. The zero-order valence-corrected chi connectivity index (χ0v) is 13.2. The van der Waals surface area contributed by atoms with Crippen LogP contribution in [0, 0.1) is 12.3 Å². The maximum atomic E-state index is 11.3. The number of rotatable bonds is 7. The van der Waals surface area contributed by atoms with Gasteiger partial charge in [0.25, 0.3) is 0 Å². The summed E-state index contributed by atoms with van der Waals surface area (Å²) in [6.07, 6.45) is 1.42. The normalized spacial score (nSPS) is 12.4. The van der Waals surface area contributed by atoms with Gasteiger partial charge < -0.3 is 4.74 Å². The number of benzene rings is 1. The third-order valence-electron chi connectivity index (χ3n) is 3.51. The van der Waals surface area contributed by atoms with Crippen molar-refractivity contribution >= 4 is 19.7 Å². The number of hydrogen-bond acceptors (Lipinski definition) is 3. The third kappa shape index (κ3) is 5.41. The number of ether oxygens (including phenoxy) is 1. The number of halogens is 1. The van der Waals surface area contributed by atoms with Crippen LogP contribution in [0.5, 0.6) is 5.75 Å². The second kappa shape index (κ2) is 6.62. The first-order chi connectivity index (χ1) is 8.80. The lowest BCUT2D eigenvalue weighted by atomic mass is 9.85. The molecular weight excluding hydrogens is 284 g/mol. The summed E-state index contributed by atoms with van der Waals surface area (Å²) in [5.74, 6) is 0.707. The summed E-state index contributed by atoms with van der Waals surface area (Å²) in [5, 5.41) is 0. The van der Waals surface area contributed by atoms with Gasteiger partial charge in [-0.25, -0.2) is 8.42 Å². The fourth-order valence-corrected chi connectivity index (χ4v) is 3.92. The van der Waals surface area contributed by atoms with E-state index in [1.807, 2.05) is 45.0 Å². The average Bonchev–Trinajstić information content (AvgIpc) is 2.33. The third-order valence-corrected chi connectivity index (χ3v) is 4.80. The van der Waals surface area contributed by atoms with E-state index >= 15 is 0 Å². The Hall–Kier alpha value is -0.740. The van der Waals surface area contributed by atoms with Gasteiger partial charge in [0.1, 0.15) is 5.75 Å². The summed E-state index contributed by atoms with van der Waals surface area (Å²) in [5.41, 5.74) is 0.686. The molecule has 0 aliphatic carbocycles. The molecule has 0 fully saturated rings. The maximum absolute atomic E-state index is 11.3. The van der Waals surface area contributed by atoms with Gasteiger partial charge in [-0.2, -0.15) is 0 Å². The molecule has 0 saturated heterocycles. The molecule has 3 nitrogen and oxygen atoms in total. The molecule has 0 saturated carbocycles. The predicted octanol–water partition coefficient (Wildman–Crippen LogP) is 3.75. The van der Waals surface area contributed by atoms with Crippen molar-refractivity contribution in [1.82, 2.24) is 0 Å². The molecule has 5 heteroatoms. The molecule has 0 aliphatic heterocycles. The van der Waals surface area contributed by atoms with E-state index in [1.165, 1.54) is 0 Å². The van der Waals surface area contributed by atoms with Crippen LogP contribution < -0.4 is 4.74 Å². The Bertz CT molecular complexity index is 507. The standard InChI is InChI=1S/C14H21ClO3S/c1-4-14(5-2,11-19(15,16)17)10-18-13-8-6-7-12(3)9-13/h6-9H,4-5,10-11H2,1-3H3. The molecule has 19 heavy (non-hydrogen) atoms. The topological polar surface area (TPSA) is 43.4 Å². The molecule has 0 atom stereocenters. The molecule has 1 rings (SSSR count). The van der Waals surface area contributed by atoms with Crippen molar-refractivity contribution in [3.8, 4) is 5.75 Å². The highest BCUT2D eigenvalue weighted by molar-refractivity contribution is 8.13. The zero-order valence-electron chi connectivity index (χ0n) is 11.6. The van der Waals surface area contributed by atoms with Gasteiger partial charge in [0, 0.05) is 16.1 Å². The molecule has 1 aromatic carbocycles. The second-order valence-electron chi connectivity index (χ2n) is 5.00. The summed E-state index contributed by atoms with van der Waals surface area (Å²) in [7, 11) is 1.87. The van der Waals surface area contributed by atoms with Crippen LogP contribution in [0.15, 0.2) is 24.3 Å². The molecule has 0 spiro atoms. The minimum atomic E-state index is -3.53. The lowest BCUT2D eigenvalue weighted by molar-refractivity contribution is 0.155. The molecule has 0 aromatic heterocycles. The largest absolute Gasteiger partial charge is 0.493 e. The van der Waals surface area contributed by atoms with Crippen molar-refractivity contribution in [1.29, 1.82) is 0 Å². The van der Waals surface area contributed by atoms with Crippen molar-refractivity contribution in [2.75, 3.05) is 12.4 Å². The van der Waals surface area contributed by atoms with Gasteiger partial charge in [0.05, 0.1) is 12.4 Å². The van der Waals surface area contributed by atoms with Gasteiger partial charge >= 0.3 is 0 Å². The number of hydrogen-bond donors (Lipinski definition) is 0. The van der Waals surface area contributed by atoms with Gasteiger partial charge in [0.15, 0.2) is 0 Å². The number of aryl methyl sites for hydroxylation is 1. The van der Waals surface area contributed by atoms with E-state index in [2.05, 4.69) is 0 Å². The van der Waals surface area contributed by atoms with Crippen molar-refractivity contribution in [3.63, 3.8) is 0 Å². The summed E-state index contributed by atoms with van der Waals surface area (Å²) in [6, 6.07) is 7.72. The minimum Gasteiger partial charge on any atom is -0.493 e. The average molecular weight is 305 g/mol. The van der Waals surface area contributed by atoms with Crippen LogP contribution in [-0.2, 0) is 9.05 Å². The van der Waals surface area contributed by atoms with Crippen LogP contribution in [-0.4, -0.2) is 20.8 Å². The van der Waals surface area contributed by atoms with E-state index < -0.39 is 14.5 Å². The van der Waals surface area contributed by atoms with Crippen LogP contribution in [0.4, 0.5) is 0 Å². The first-order valence-electron chi connectivity index (χ1n) is 6.42. The molecule has 108 valence electrons. The maximum Gasteiger partial charge on any atom is 0.233 e. The molecule has 0 N–H and O–H groups in total.